The normalized spacial score (nSPS) is 22.8. The minimum absolute atomic E-state index is 0.102. The van der Waals surface area contributed by atoms with Gasteiger partial charge >= 0.3 is 0 Å². The van der Waals surface area contributed by atoms with Gasteiger partial charge in [-0.2, -0.15) is 0 Å². The van der Waals surface area contributed by atoms with E-state index in [1.807, 2.05) is 0 Å². The van der Waals surface area contributed by atoms with Crippen LogP contribution in [-0.2, 0) is 10.8 Å². The highest BCUT2D eigenvalue weighted by molar-refractivity contribution is 6.22. The number of nitrogens with zero attached hydrogens (tertiary/aromatic N) is 3. The Morgan fingerprint density at radius 1 is 0.667 bits per heavy atom. The molecule has 0 fully saturated rings. The molecule has 4 aliphatic carbocycles. The molecule has 0 spiro atoms. The van der Waals surface area contributed by atoms with Crippen molar-refractivity contribution in [3.05, 3.63) is 209 Å². The van der Waals surface area contributed by atoms with Crippen LogP contribution in [-0.4, -0.2) is 22.2 Å². The molecular formula is C57H51N3. The van der Waals surface area contributed by atoms with Gasteiger partial charge in [-0.3, -0.25) is 4.99 Å². The van der Waals surface area contributed by atoms with E-state index < -0.39 is 0 Å². The molecule has 0 amide bonds. The fourth-order valence-corrected chi connectivity index (χ4v) is 10.6. The van der Waals surface area contributed by atoms with Crippen LogP contribution in [0.3, 0.4) is 0 Å². The first-order valence-corrected chi connectivity index (χ1v) is 21.8. The lowest BCUT2D eigenvalue weighted by atomic mass is 9.63. The number of benzene rings is 5. The highest BCUT2D eigenvalue weighted by Gasteiger charge is 2.38. The Hall–Kier alpha value is -6.32. The van der Waals surface area contributed by atoms with E-state index in [4.69, 9.17) is 16.6 Å². The number of hydrogen-bond acceptors (Lipinski definition) is 2. The van der Waals surface area contributed by atoms with Crippen LogP contribution in [0.25, 0.3) is 38.3 Å². The van der Waals surface area contributed by atoms with Gasteiger partial charge in [0.2, 0.25) is 0 Å². The van der Waals surface area contributed by atoms with E-state index in [1.165, 1.54) is 79.0 Å². The van der Waals surface area contributed by atoms with Crippen LogP contribution in [0.4, 0.5) is 0 Å². The summed E-state index contributed by atoms with van der Waals surface area (Å²) in [5.74, 6) is 1.39. The van der Waals surface area contributed by atoms with E-state index >= 15 is 0 Å². The number of rotatable bonds is 5. The maximum atomic E-state index is 5.42. The van der Waals surface area contributed by atoms with E-state index in [9.17, 15) is 0 Å². The van der Waals surface area contributed by atoms with Gasteiger partial charge < -0.3 is 4.57 Å². The average molecular weight is 778 g/mol. The maximum Gasteiger partial charge on any atom is 0.156 e. The molecule has 294 valence electrons. The first-order valence-electron chi connectivity index (χ1n) is 21.8. The summed E-state index contributed by atoms with van der Waals surface area (Å²) in [4.78, 5) is 10.7. The van der Waals surface area contributed by atoms with Gasteiger partial charge in [0, 0.05) is 45.0 Å². The van der Waals surface area contributed by atoms with Gasteiger partial charge in [0.1, 0.15) is 6.04 Å². The SMILES string of the molecule is C=C1C(c2ccc(C3C=CC=C4C=CC=CC43)cc2)=NC(c2ccccc2)=NC1C1=CCCC(n2c3cc4c(cc3c3cc5ccccc5cc32)C(C)(C)CCC4(C)C)=C1. The van der Waals surface area contributed by atoms with Crippen LogP contribution >= 0.6 is 0 Å². The second-order valence-corrected chi connectivity index (χ2v) is 18.8. The zero-order valence-electron chi connectivity index (χ0n) is 35.1. The molecule has 1 aliphatic heterocycles. The largest absolute Gasteiger partial charge is 0.313 e. The van der Waals surface area contributed by atoms with Gasteiger partial charge in [-0.05, 0) is 105 Å². The minimum Gasteiger partial charge on any atom is -0.313 e. The lowest BCUT2D eigenvalue weighted by Gasteiger charge is -2.42. The molecule has 5 aliphatic rings. The zero-order chi connectivity index (χ0) is 40.8. The summed E-state index contributed by atoms with van der Waals surface area (Å²) in [7, 11) is 0. The van der Waals surface area contributed by atoms with Gasteiger partial charge in [0.15, 0.2) is 5.84 Å². The molecule has 1 aromatic heterocycles. The van der Waals surface area contributed by atoms with Gasteiger partial charge in [-0.25, -0.2) is 4.99 Å². The molecule has 2 heterocycles. The molecule has 5 aromatic carbocycles. The lowest BCUT2D eigenvalue weighted by molar-refractivity contribution is 0.332. The Kier molecular flexibility index (Phi) is 8.50. The van der Waals surface area contributed by atoms with Gasteiger partial charge in [-0.1, -0.05) is 162 Å². The third kappa shape index (κ3) is 6.00. The van der Waals surface area contributed by atoms with Crippen LogP contribution in [0.2, 0.25) is 0 Å². The Morgan fingerprint density at radius 2 is 1.35 bits per heavy atom. The van der Waals surface area contributed by atoms with Crippen LogP contribution in [0.5, 0.6) is 0 Å². The molecule has 0 N–H and O–H groups in total. The van der Waals surface area contributed by atoms with Crippen LogP contribution < -0.4 is 0 Å². The van der Waals surface area contributed by atoms with E-state index in [0.29, 0.717) is 11.8 Å². The van der Waals surface area contributed by atoms with Gasteiger partial charge in [0.05, 0.1) is 16.7 Å². The second-order valence-electron chi connectivity index (χ2n) is 18.8. The molecule has 11 rings (SSSR count). The van der Waals surface area contributed by atoms with Crippen molar-refractivity contribution in [2.24, 2.45) is 15.9 Å². The molecule has 0 radical (unpaired) electrons. The zero-order valence-corrected chi connectivity index (χ0v) is 35.1. The molecule has 0 saturated carbocycles. The number of fused-ring (bicyclic) bond motifs is 6. The molecule has 60 heavy (non-hydrogen) atoms. The molecule has 3 atom stereocenters. The van der Waals surface area contributed by atoms with Crippen LogP contribution in [0, 0.1) is 5.92 Å². The molecule has 0 saturated heterocycles. The predicted octanol–water partition coefficient (Wildman–Crippen LogP) is 14.1. The lowest BCUT2D eigenvalue weighted by Crippen LogP contribution is -2.33. The van der Waals surface area contributed by atoms with E-state index in [1.54, 1.807) is 0 Å². The maximum absolute atomic E-state index is 5.42. The highest BCUT2D eigenvalue weighted by atomic mass is 15.0. The average Bonchev–Trinajstić information content (AvgIpc) is 3.59. The van der Waals surface area contributed by atoms with Crippen molar-refractivity contribution < 1.29 is 0 Å². The summed E-state index contributed by atoms with van der Waals surface area (Å²) in [5.41, 5.74) is 14.8. The topological polar surface area (TPSA) is 29.6 Å². The molecule has 0 bridgehead atoms. The standard InChI is InChI=1S/C57H51N3/c1-36-53(39-27-25-38(26-28-39)46-24-14-20-37-15-11-12-23-45(37)46)58-55(40-16-7-6-8-17-40)59-54(36)43-21-13-22-44(31-43)60-51-33-42-19-10-9-18-41(42)32-47(51)48-34-49-50(35-52(48)60)57(4,5)30-29-56(49,2)3/h6-12,14-21,23-28,31-35,45-46,54H,1,13,22,29-30H2,2-5H3. The second kappa shape index (κ2) is 13.9. The van der Waals surface area contributed by atoms with Gasteiger partial charge in [0.25, 0.3) is 0 Å². The first-order chi connectivity index (χ1) is 29.1. The Labute approximate surface area is 354 Å². The number of amidine groups is 1. The predicted molar refractivity (Wildman–Crippen MR) is 254 cm³/mol. The number of allylic oxidation sites excluding steroid dienone is 10. The number of hydrogen-bond donors (Lipinski definition) is 0. The van der Waals surface area contributed by atoms with E-state index in [0.717, 1.165) is 41.1 Å². The number of aliphatic imine (C=N–C) groups is 2. The Balaban J connectivity index is 1.03. The van der Waals surface area contributed by atoms with Gasteiger partial charge in [-0.15, -0.1) is 0 Å². The third-order valence-electron chi connectivity index (χ3n) is 14.1. The van der Waals surface area contributed by atoms with Crippen LogP contribution in [0.1, 0.15) is 87.1 Å². The minimum atomic E-state index is -0.266. The fraction of sp³-hybridized carbons (Fsp3) is 0.228. The van der Waals surface area contributed by atoms with Crippen molar-refractivity contribution in [2.75, 3.05) is 0 Å². The summed E-state index contributed by atoms with van der Waals surface area (Å²) < 4.78 is 2.58. The highest BCUT2D eigenvalue weighted by Crippen LogP contribution is 2.49. The summed E-state index contributed by atoms with van der Waals surface area (Å²) in [5, 5.41) is 5.20. The molecule has 3 nitrogen and oxygen atoms in total. The molecular weight excluding hydrogens is 727 g/mol. The molecule has 6 aromatic rings. The van der Waals surface area contributed by atoms with Crippen molar-refractivity contribution in [3.63, 3.8) is 0 Å². The Bertz CT molecular complexity index is 3040. The molecule has 3 heteroatoms. The van der Waals surface area contributed by atoms with Crippen molar-refractivity contribution >= 4 is 49.8 Å². The van der Waals surface area contributed by atoms with Crippen LogP contribution in [0.15, 0.2) is 191 Å². The summed E-state index contributed by atoms with van der Waals surface area (Å²) >= 11 is 0. The molecule has 3 unspecified atom stereocenters. The van der Waals surface area contributed by atoms with Crippen molar-refractivity contribution in [1.29, 1.82) is 0 Å². The number of aromatic nitrogens is 1. The summed E-state index contributed by atoms with van der Waals surface area (Å²) in [6.45, 7) is 14.5. The smallest absolute Gasteiger partial charge is 0.156 e. The first kappa shape index (κ1) is 36.7. The summed E-state index contributed by atoms with van der Waals surface area (Å²) in [6.07, 6.45) is 24.7. The summed E-state index contributed by atoms with van der Waals surface area (Å²) in [6, 6.07) is 37.9. The third-order valence-corrected chi connectivity index (χ3v) is 14.1. The van der Waals surface area contributed by atoms with E-state index in [2.05, 4.69) is 190 Å². The van der Waals surface area contributed by atoms with E-state index in [-0.39, 0.29) is 16.9 Å². The van der Waals surface area contributed by atoms with Crippen molar-refractivity contribution in [1.82, 2.24) is 4.57 Å². The van der Waals surface area contributed by atoms with Crippen molar-refractivity contribution in [2.45, 2.75) is 76.2 Å². The monoisotopic (exact) mass is 777 g/mol. The quantitative estimate of drug-likeness (QED) is 0.167. The van der Waals surface area contributed by atoms with Crippen molar-refractivity contribution in [3.8, 4) is 0 Å². The fourth-order valence-electron chi connectivity index (χ4n) is 10.6. The Morgan fingerprint density at radius 3 is 2.13 bits per heavy atom.